The van der Waals surface area contributed by atoms with Crippen molar-refractivity contribution < 1.29 is 9.18 Å². The first-order valence-electron chi connectivity index (χ1n) is 10.1. The number of amides is 1. The molecule has 1 aromatic rings. The normalized spacial score (nSPS) is 17.5. The molecule has 2 rings (SSSR count). The Bertz CT molecular complexity index is 668. The van der Waals surface area contributed by atoms with Crippen LogP contribution in [0, 0.1) is 5.82 Å². The zero-order valence-corrected chi connectivity index (χ0v) is 18.1. The Hall–Kier alpha value is -1.76. The molecule has 1 heterocycles. The van der Waals surface area contributed by atoms with E-state index in [1.807, 2.05) is 18.1 Å². The minimum absolute atomic E-state index is 0.205. The number of carbonyl (C=O) groups is 1. The van der Waals surface area contributed by atoms with Crippen LogP contribution in [0.25, 0.3) is 0 Å². The Balaban J connectivity index is 1.91. The standard InChI is InChI=1S/C21H33FN4OS/c1-4-23-21(24-11-10-20(27)26-12-6-5-7-16(26)2)25-14-17-8-9-19(22)13-18(17)15-28-3/h8-9,13,16H,4-7,10-12,14-15H2,1-3H3,(H2,23,24,25). The minimum Gasteiger partial charge on any atom is -0.357 e. The molecule has 0 saturated carbocycles. The first-order valence-corrected chi connectivity index (χ1v) is 11.5. The van der Waals surface area contributed by atoms with E-state index in [0.717, 1.165) is 42.8 Å². The lowest BCUT2D eigenvalue weighted by molar-refractivity contribution is -0.134. The lowest BCUT2D eigenvalue weighted by Gasteiger charge is -2.33. The van der Waals surface area contributed by atoms with E-state index in [9.17, 15) is 9.18 Å². The highest BCUT2D eigenvalue weighted by Gasteiger charge is 2.22. The van der Waals surface area contributed by atoms with Gasteiger partial charge in [0.05, 0.1) is 6.54 Å². The number of rotatable bonds is 8. The van der Waals surface area contributed by atoms with E-state index in [1.54, 1.807) is 23.9 Å². The number of carbonyl (C=O) groups excluding carboxylic acids is 1. The third kappa shape index (κ3) is 7.00. The predicted octanol–water partition coefficient (Wildman–Crippen LogP) is 3.53. The summed E-state index contributed by atoms with van der Waals surface area (Å²) in [6.07, 6.45) is 5.87. The molecule has 0 spiro atoms. The van der Waals surface area contributed by atoms with Gasteiger partial charge in [0, 0.05) is 37.8 Å². The van der Waals surface area contributed by atoms with E-state index < -0.39 is 0 Å². The quantitative estimate of drug-likeness (QED) is 0.510. The van der Waals surface area contributed by atoms with Crippen LogP contribution in [0.2, 0.25) is 0 Å². The maximum absolute atomic E-state index is 13.5. The molecule has 0 aromatic heterocycles. The number of hydrogen-bond acceptors (Lipinski definition) is 3. The molecule has 0 bridgehead atoms. The molecule has 28 heavy (non-hydrogen) atoms. The third-order valence-corrected chi connectivity index (χ3v) is 5.57. The van der Waals surface area contributed by atoms with Crippen molar-refractivity contribution in [3.8, 4) is 0 Å². The first kappa shape index (κ1) is 22.5. The van der Waals surface area contributed by atoms with Gasteiger partial charge in [-0.3, -0.25) is 4.79 Å². The molecule has 1 aliphatic heterocycles. The number of nitrogens with one attached hydrogen (secondary N) is 2. The van der Waals surface area contributed by atoms with E-state index in [4.69, 9.17) is 0 Å². The van der Waals surface area contributed by atoms with Crippen molar-refractivity contribution >= 4 is 23.6 Å². The van der Waals surface area contributed by atoms with Gasteiger partial charge in [-0.15, -0.1) is 0 Å². The average Bonchev–Trinajstić information content (AvgIpc) is 2.67. The number of guanidine groups is 1. The van der Waals surface area contributed by atoms with Crippen LogP contribution in [0.1, 0.15) is 50.7 Å². The molecule has 1 fully saturated rings. The zero-order chi connectivity index (χ0) is 20.4. The topological polar surface area (TPSA) is 56.7 Å². The van der Waals surface area contributed by atoms with Crippen LogP contribution in [0.15, 0.2) is 23.2 Å². The number of aliphatic imine (C=N–C) groups is 1. The van der Waals surface area contributed by atoms with Gasteiger partial charge in [0.15, 0.2) is 5.96 Å². The molecule has 1 aliphatic rings. The molecule has 1 aromatic carbocycles. The molecule has 2 N–H and O–H groups in total. The zero-order valence-electron chi connectivity index (χ0n) is 17.3. The Kier molecular flexibility index (Phi) is 9.61. The molecular formula is C21H33FN4OS. The third-order valence-electron chi connectivity index (χ3n) is 4.97. The number of halogens is 1. The van der Waals surface area contributed by atoms with Crippen LogP contribution in [-0.4, -0.2) is 48.7 Å². The molecule has 1 unspecified atom stereocenters. The summed E-state index contributed by atoms with van der Waals surface area (Å²) in [6.45, 7) is 6.78. The molecule has 1 atom stereocenters. The van der Waals surface area contributed by atoms with Crippen LogP contribution >= 0.6 is 11.8 Å². The summed E-state index contributed by atoms with van der Waals surface area (Å²) in [5.41, 5.74) is 1.99. The second-order valence-corrected chi connectivity index (χ2v) is 8.02. The average molecular weight is 409 g/mol. The van der Waals surface area contributed by atoms with Crippen LogP contribution in [0.3, 0.4) is 0 Å². The Labute approximate surface area is 172 Å². The molecule has 7 heteroatoms. The van der Waals surface area contributed by atoms with E-state index in [2.05, 4.69) is 22.5 Å². The summed E-state index contributed by atoms with van der Waals surface area (Å²) in [5, 5.41) is 6.46. The number of thioether (sulfide) groups is 1. The van der Waals surface area contributed by atoms with Crippen LogP contribution in [-0.2, 0) is 17.1 Å². The van der Waals surface area contributed by atoms with Crippen LogP contribution < -0.4 is 10.6 Å². The maximum atomic E-state index is 13.5. The number of benzene rings is 1. The van der Waals surface area contributed by atoms with Gasteiger partial charge in [-0.1, -0.05) is 6.07 Å². The van der Waals surface area contributed by atoms with Crippen LogP contribution in [0.4, 0.5) is 4.39 Å². The highest BCUT2D eigenvalue weighted by molar-refractivity contribution is 7.97. The van der Waals surface area contributed by atoms with Gasteiger partial charge in [-0.25, -0.2) is 9.38 Å². The molecule has 0 radical (unpaired) electrons. The number of hydrogen-bond donors (Lipinski definition) is 2. The number of piperidine rings is 1. The van der Waals surface area contributed by atoms with Crippen molar-refractivity contribution in [1.82, 2.24) is 15.5 Å². The smallest absolute Gasteiger partial charge is 0.224 e. The van der Waals surface area contributed by atoms with Crippen molar-refractivity contribution in [2.45, 2.75) is 57.9 Å². The summed E-state index contributed by atoms with van der Waals surface area (Å²) in [7, 11) is 0. The fraction of sp³-hybridized carbons (Fsp3) is 0.619. The fourth-order valence-corrected chi connectivity index (χ4v) is 4.02. The lowest BCUT2D eigenvalue weighted by Crippen LogP contribution is -2.44. The highest BCUT2D eigenvalue weighted by Crippen LogP contribution is 2.18. The molecular weight excluding hydrogens is 375 g/mol. The first-order chi connectivity index (χ1) is 13.5. The van der Waals surface area contributed by atoms with E-state index >= 15 is 0 Å². The number of nitrogens with zero attached hydrogens (tertiary/aromatic N) is 2. The minimum atomic E-state index is -0.215. The van der Waals surface area contributed by atoms with Crippen molar-refractivity contribution in [2.24, 2.45) is 4.99 Å². The summed E-state index contributed by atoms with van der Waals surface area (Å²) < 4.78 is 13.5. The second kappa shape index (κ2) is 11.9. The highest BCUT2D eigenvalue weighted by atomic mass is 32.2. The molecule has 1 saturated heterocycles. The SMILES string of the molecule is CCNC(=NCc1ccc(F)cc1CSC)NCCC(=O)N1CCCCC1C. The number of likely N-dealkylation sites (tertiary alicyclic amines) is 1. The van der Waals surface area contributed by atoms with Gasteiger partial charge < -0.3 is 15.5 Å². The summed E-state index contributed by atoms with van der Waals surface area (Å²) in [5.74, 6) is 1.43. The Morgan fingerprint density at radius 1 is 1.32 bits per heavy atom. The van der Waals surface area contributed by atoms with Crippen molar-refractivity contribution in [2.75, 3.05) is 25.9 Å². The molecule has 5 nitrogen and oxygen atoms in total. The largest absolute Gasteiger partial charge is 0.357 e. The Morgan fingerprint density at radius 2 is 2.14 bits per heavy atom. The maximum Gasteiger partial charge on any atom is 0.224 e. The fourth-order valence-electron chi connectivity index (χ4n) is 3.44. The van der Waals surface area contributed by atoms with Gasteiger partial charge in [0.1, 0.15) is 5.82 Å². The van der Waals surface area contributed by atoms with Gasteiger partial charge in [0.25, 0.3) is 0 Å². The van der Waals surface area contributed by atoms with Gasteiger partial charge >= 0.3 is 0 Å². The summed E-state index contributed by atoms with van der Waals surface area (Å²) in [6, 6.07) is 5.21. The molecule has 1 amide bonds. The summed E-state index contributed by atoms with van der Waals surface area (Å²) >= 11 is 1.66. The Morgan fingerprint density at radius 3 is 2.86 bits per heavy atom. The molecule has 0 aliphatic carbocycles. The molecule has 156 valence electrons. The van der Waals surface area contributed by atoms with Crippen molar-refractivity contribution in [1.29, 1.82) is 0 Å². The van der Waals surface area contributed by atoms with E-state index in [-0.39, 0.29) is 11.7 Å². The van der Waals surface area contributed by atoms with E-state index in [1.165, 1.54) is 12.5 Å². The predicted molar refractivity (Wildman–Crippen MR) is 116 cm³/mol. The van der Waals surface area contributed by atoms with Gasteiger partial charge in [-0.05, 0) is 62.6 Å². The summed E-state index contributed by atoms with van der Waals surface area (Å²) in [4.78, 5) is 19.1. The second-order valence-electron chi connectivity index (χ2n) is 7.15. The van der Waals surface area contributed by atoms with Gasteiger partial charge in [-0.2, -0.15) is 11.8 Å². The van der Waals surface area contributed by atoms with E-state index in [0.29, 0.717) is 31.5 Å². The van der Waals surface area contributed by atoms with Crippen molar-refractivity contribution in [3.05, 3.63) is 35.1 Å². The lowest BCUT2D eigenvalue weighted by atomic mass is 10.0. The monoisotopic (exact) mass is 408 g/mol. The van der Waals surface area contributed by atoms with Gasteiger partial charge in [0.2, 0.25) is 5.91 Å². The van der Waals surface area contributed by atoms with Crippen LogP contribution in [0.5, 0.6) is 0 Å². The van der Waals surface area contributed by atoms with Crippen molar-refractivity contribution in [3.63, 3.8) is 0 Å².